The molecule has 0 saturated heterocycles. The number of aromatic nitrogens is 1. The summed E-state index contributed by atoms with van der Waals surface area (Å²) in [6.45, 7) is 0. The van der Waals surface area contributed by atoms with Crippen LogP contribution in [-0.2, 0) is 12.1 Å². The molecular weight excluding hydrogens is 292 g/mol. The maximum absolute atomic E-state index is 12.4. The first kappa shape index (κ1) is 14.7. The molecule has 0 unspecified atom stereocenters. The van der Waals surface area contributed by atoms with Crippen LogP contribution in [0.1, 0.15) is 11.3 Å². The van der Waals surface area contributed by atoms with Crippen LogP contribution in [0.5, 0.6) is 11.6 Å². The van der Waals surface area contributed by atoms with Crippen molar-refractivity contribution < 1.29 is 36.2 Å². The Bertz CT molecular complexity index is 444. The zero-order chi connectivity index (χ0) is 14.1. The zero-order valence-corrected chi connectivity index (χ0v) is 8.99. The standard InChI is InChI=1S/C8H4ClF6NO2/c9-2-4-5(17)1-3(7(10,11)12)6(16-4)18-8(13,14)15/h1,17H,2H2. The Kier molecular flexibility index (Phi) is 3.84. The molecule has 10 heteroatoms. The molecule has 0 spiro atoms. The lowest BCUT2D eigenvalue weighted by molar-refractivity contribution is -0.277. The van der Waals surface area contributed by atoms with Gasteiger partial charge in [-0.25, -0.2) is 4.98 Å². The molecule has 0 fully saturated rings. The third-order valence-electron chi connectivity index (χ3n) is 1.69. The first-order valence-electron chi connectivity index (χ1n) is 4.16. The minimum Gasteiger partial charge on any atom is -0.506 e. The van der Waals surface area contributed by atoms with E-state index in [-0.39, 0.29) is 6.07 Å². The van der Waals surface area contributed by atoms with Crippen molar-refractivity contribution in [3.63, 3.8) is 0 Å². The number of pyridine rings is 1. The van der Waals surface area contributed by atoms with E-state index >= 15 is 0 Å². The van der Waals surface area contributed by atoms with Gasteiger partial charge in [0, 0.05) is 0 Å². The van der Waals surface area contributed by atoms with Gasteiger partial charge in [0.25, 0.3) is 0 Å². The third-order valence-corrected chi connectivity index (χ3v) is 1.94. The molecule has 102 valence electrons. The summed E-state index contributed by atoms with van der Waals surface area (Å²) < 4.78 is 76.1. The summed E-state index contributed by atoms with van der Waals surface area (Å²) in [5, 5.41) is 9.09. The minimum absolute atomic E-state index is 0.0752. The Morgan fingerprint density at radius 3 is 2.17 bits per heavy atom. The fraction of sp³-hybridized carbons (Fsp3) is 0.375. The van der Waals surface area contributed by atoms with E-state index in [1.54, 1.807) is 0 Å². The lowest BCUT2D eigenvalue weighted by Crippen LogP contribution is -2.21. The summed E-state index contributed by atoms with van der Waals surface area (Å²) >= 11 is 5.20. The number of ether oxygens (including phenoxy) is 1. The van der Waals surface area contributed by atoms with Crippen LogP contribution in [0.25, 0.3) is 0 Å². The zero-order valence-electron chi connectivity index (χ0n) is 8.23. The van der Waals surface area contributed by atoms with Gasteiger partial charge in [0.2, 0.25) is 5.88 Å². The second-order valence-corrected chi connectivity index (χ2v) is 3.25. The fourth-order valence-electron chi connectivity index (χ4n) is 1.01. The van der Waals surface area contributed by atoms with Gasteiger partial charge in [0.05, 0.1) is 5.88 Å². The SMILES string of the molecule is Oc1cc(C(F)(F)F)c(OC(F)(F)F)nc1CCl. The van der Waals surface area contributed by atoms with Crippen LogP contribution in [0.3, 0.4) is 0 Å². The average Bonchev–Trinajstić information content (AvgIpc) is 2.16. The van der Waals surface area contributed by atoms with E-state index in [2.05, 4.69) is 9.72 Å². The molecule has 0 radical (unpaired) electrons. The first-order chi connectivity index (χ1) is 8.04. The summed E-state index contributed by atoms with van der Waals surface area (Å²) in [5.41, 5.74) is -2.39. The molecule has 1 aromatic heterocycles. The first-order valence-corrected chi connectivity index (χ1v) is 4.70. The molecule has 0 atom stereocenters. The minimum atomic E-state index is -5.34. The maximum Gasteiger partial charge on any atom is 0.574 e. The molecule has 0 amide bonds. The second-order valence-electron chi connectivity index (χ2n) is 2.99. The Hall–Kier alpha value is -1.38. The van der Waals surface area contributed by atoms with Crippen LogP contribution in [0.15, 0.2) is 6.07 Å². The Morgan fingerprint density at radius 2 is 1.78 bits per heavy atom. The van der Waals surface area contributed by atoms with Gasteiger partial charge in [-0.3, -0.25) is 0 Å². The second kappa shape index (κ2) is 4.71. The largest absolute Gasteiger partial charge is 0.574 e. The highest BCUT2D eigenvalue weighted by Gasteiger charge is 2.41. The van der Waals surface area contributed by atoms with Gasteiger partial charge < -0.3 is 9.84 Å². The molecule has 0 saturated carbocycles. The molecule has 0 aliphatic carbocycles. The lowest BCUT2D eigenvalue weighted by Gasteiger charge is -2.15. The van der Waals surface area contributed by atoms with Crippen LogP contribution in [0, 0.1) is 0 Å². The molecule has 1 aromatic rings. The van der Waals surface area contributed by atoms with Crippen molar-refractivity contribution in [2.45, 2.75) is 18.4 Å². The fourth-order valence-corrected chi connectivity index (χ4v) is 1.21. The number of halogens is 7. The molecule has 1 heterocycles. The van der Waals surface area contributed by atoms with E-state index in [4.69, 9.17) is 16.7 Å². The van der Waals surface area contributed by atoms with Crippen LogP contribution < -0.4 is 4.74 Å². The quantitative estimate of drug-likeness (QED) is 0.671. The van der Waals surface area contributed by atoms with Crippen molar-refractivity contribution in [2.75, 3.05) is 0 Å². The van der Waals surface area contributed by atoms with Crippen LogP contribution in [0.2, 0.25) is 0 Å². The summed E-state index contributed by atoms with van der Waals surface area (Å²) in [4.78, 5) is 2.90. The summed E-state index contributed by atoms with van der Waals surface area (Å²) in [7, 11) is 0. The van der Waals surface area contributed by atoms with Crippen molar-refractivity contribution in [2.24, 2.45) is 0 Å². The van der Waals surface area contributed by atoms with Gasteiger partial charge in [-0.2, -0.15) is 13.2 Å². The monoisotopic (exact) mass is 295 g/mol. The highest BCUT2D eigenvalue weighted by molar-refractivity contribution is 6.17. The van der Waals surface area contributed by atoms with Crippen molar-refractivity contribution in [1.29, 1.82) is 0 Å². The third kappa shape index (κ3) is 3.56. The summed E-state index contributed by atoms with van der Waals surface area (Å²) in [6.07, 6.45) is -10.5. The highest BCUT2D eigenvalue weighted by Crippen LogP contribution is 2.39. The van der Waals surface area contributed by atoms with Crippen LogP contribution in [-0.4, -0.2) is 16.5 Å². The van der Waals surface area contributed by atoms with Crippen LogP contribution >= 0.6 is 11.6 Å². The van der Waals surface area contributed by atoms with E-state index in [0.717, 1.165) is 0 Å². The Morgan fingerprint density at radius 1 is 1.22 bits per heavy atom. The molecule has 0 bridgehead atoms. The lowest BCUT2D eigenvalue weighted by atomic mass is 10.2. The van der Waals surface area contributed by atoms with Gasteiger partial charge >= 0.3 is 12.5 Å². The molecule has 1 N–H and O–H groups in total. The van der Waals surface area contributed by atoms with Crippen molar-refractivity contribution >= 4 is 11.6 Å². The van der Waals surface area contributed by atoms with Gasteiger partial charge in [0.15, 0.2) is 0 Å². The van der Waals surface area contributed by atoms with Gasteiger partial charge in [-0.1, -0.05) is 0 Å². The highest BCUT2D eigenvalue weighted by atomic mass is 35.5. The molecule has 18 heavy (non-hydrogen) atoms. The molecular formula is C8H4ClF6NO2. The molecule has 3 nitrogen and oxygen atoms in total. The molecule has 0 aliphatic rings. The van der Waals surface area contributed by atoms with Gasteiger partial charge in [-0.15, -0.1) is 24.8 Å². The molecule has 0 aliphatic heterocycles. The van der Waals surface area contributed by atoms with E-state index < -0.39 is 41.3 Å². The summed E-state index contributed by atoms with van der Waals surface area (Å²) in [5.74, 6) is -3.24. The maximum atomic E-state index is 12.4. The van der Waals surface area contributed by atoms with Crippen molar-refractivity contribution in [3.05, 3.63) is 17.3 Å². The smallest absolute Gasteiger partial charge is 0.506 e. The number of hydrogen-bond donors (Lipinski definition) is 1. The van der Waals surface area contributed by atoms with E-state index in [1.807, 2.05) is 0 Å². The van der Waals surface area contributed by atoms with E-state index in [1.165, 1.54) is 0 Å². The number of nitrogens with zero attached hydrogens (tertiary/aromatic N) is 1. The van der Waals surface area contributed by atoms with Gasteiger partial charge in [-0.05, 0) is 6.07 Å². The van der Waals surface area contributed by atoms with Crippen LogP contribution in [0.4, 0.5) is 26.3 Å². The average molecular weight is 296 g/mol. The van der Waals surface area contributed by atoms with E-state index in [0.29, 0.717) is 0 Å². The number of alkyl halides is 7. The number of aromatic hydroxyl groups is 1. The van der Waals surface area contributed by atoms with Crippen molar-refractivity contribution in [3.8, 4) is 11.6 Å². The van der Waals surface area contributed by atoms with Gasteiger partial charge in [0.1, 0.15) is 17.0 Å². The normalized spacial score (nSPS) is 12.6. The Labute approximate surface area is 101 Å². The number of hydrogen-bond acceptors (Lipinski definition) is 3. The summed E-state index contributed by atoms with van der Waals surface area (Å²) in [6, 6.07) is 0.0752. The molecule has 1 rings (SSSR count). The number of rotatable bonds is 2. The predicted octanol–water partition coefficient (Wildman–Crippen LogP) is 3.44. The predicted molar refractivity (Wildman–Crippen MR) is 47.1 cm³/mol. The van der Waals surface area contributed by atoms with Crippen molar-refractivity contribution in [1.82, 2.24) is 4.98 Å². The van der Waals surface area contributed by atoms with E-state index in [9.17, 15) is 26.3 Å². The molecule has 0 aromatic carbocycles. The topological polar surface area (TPSA) is 42.4 Å². The Balaban J connectivity index is 3.35.